The summed E-state index contributed by atoms with van der Waals surface area (Å²) in [6, 6.07) is 9.05. The van der Waals surface area contributed by atoms with Crippen molar-refractivity contribution in [2.75, 3.05) is 32.8 Å². The second-order valence-electron chi connectivity index (χ2n) is 5.98. The minimum Gasteiger partial charge on any atom is -0.494 e. The summed E-state index contributed by atoms with van der Waals surface area (Å²) in [5, 5.41) is 3.52. The zero-order valence-electron chi connectivity index (χ0n) is 13.8. The first-order chi connectivity index (χ1) is 10.2. The fourth-order valence-electron chi connectivity index (χ4n) is 3.19. The molecular formula is C18H30N2O. The van der Waals surface area contributed by atoms with E-state index in [-0.39, 0.29) is 0 Å². The fraction of sp³-hybridized carbons (Fsp3) is 0.667. The lowest BCUT2D eigenvalue weighted by atomic mass is 9.97. The molecule has 0 bridgehead atoms. The lowest BCUT2D eigenvalue weighted by Gasteiger charge is -2.33. The molecular weight excluding hydrogens is 260 g/mol. The van der Waals surface area contributed by atoms with Crippen LogP contribution < -0.4 is 10.1 Å². The van der Waals surface area contributed by atoms with Crippen LogP contribution in [0, 0.1) is 5.92 Å². The SMILES string of the molecule is CCOc1ccc(C(C)N(CC)CC2CCCNC2)cc1. The van der Waals surface area contributed by atoms with Crippen molar-refractivity contribution in [2.24, 2.45) is 5.92 Å². The van der Waals surface area contributed by atoms with Gasteiger partial charge in [-0.1, -0.05) is 19.1 Å². The quantitative estimate of drug-likeness (QED) is 0.832. The fourth-order valence-corrected chi connectivity index (χ4v) is 3.19. The van der Waals surface area contributed by atoms with E-state index in [1.807, 2.05) is 6.92 Å². The van der Waals surface area contributed by atoms with Crippen LogP contribution in [-0.2, 0) is 0 Å². The normalized spacial score (nSPS) is 20.5. The Bertz CT molecular complexity index is 398. The molecule has 1 saturated heterocycles. The number of benzene rings is 1. The predicted octanol–water partition coefficient (Wildman–Crippen LogP) is 3.47. The van der Waals surface area contributed by atoms with Gasteiger partial charge in [0.2, 0.25) is 0 Å². The molecule has 0 radical (unpaired) electrons. The highest BCUT2D eigenvalue weighted by molar-refractivity contribution is 5.29. The molecule has 1 heterocycles. The van der Waals surface area contributed by atoms with Crippen LogP contribution in [0.15, 0.2) is 24.3 Å². The summed E-state index contributed by atoms with van der Waals surface area (Å²) in [7, 11) is 0. The van der Waals surface area contributed by atoms with E-state index in [1.54, 1.807) is 0 Å². The molecule has 0 aromatic heterocycles. The van der Waals surface area contributed by atoms with Gasteiger partial charge < -0.3 is 10.1 Å². The van der Waals surface area contributed by atoms with Crippen molar-refractivity contribution in [1.82, 2.24) is 10.2 Å². The Balaban J connectivity index is 1.95. The van der Waals surface area contributed by atoms with Crippen molar-refractivity contribution in [1.29, 1.82) is 0 Å². The summed E-state index contributed by atoms with van der Waals surface area (Å²) in [5.74, 6) is 1.76. The smallest absolute Gasteiger partial charge is 0.119 e. The maximum atomic E-state index is 5.53. The lowest BCUT2D eigenvalue weighted by Crippen LogP contribution is -2.39. The molecule has 3 heteroatoms. The average molecular weight is 290 g/mol. The van der Waals surface area contributed by atoms with Crippen LogP contribution in [0.2, 0.25) is 0 Å². The number of nitrogens with one attached hydrogen (secondary N) is 1. The number of nitrogens with zero attached hydrogens (tertiary/aromatic N) is 1. The highest BCUT2D eigenvalue weighted by atomic mass is 16.5. The Kier molecular flexibility index (Phi) is 6.52. The Morgan fingerprint density at radius 1 is 1.29 bits per heavy atom. The topological polar surface area (TPSA) is 24.5 Å². The number of rotatable bonds is 7. The van der Waals surface area contributed by atoms with E-state index < -0.39 is 0 Å². The zero-order chi connectivity index (χ0) is 15.1. The van der Waals surface area contributed by atoms with Gasteiger partial charge in [0.25, 0.3) is 0 Å². The molecule has 0 saturated carbocycles. The lowest BCUT2D eigenvalue weighted by molar-refractivity contribution is 0.171. The molecule has 1 fully saturated rings. The van der Waals surface area contributed by atoms with Crippen LogP contribution in [0.4, 0.5) is 0 Å². The van der Waals surface area contributed by atoms with E-state index in [1.165, 1.54) is 38.0 Å². The molecule has 118 valence electrons. The van der Waals surface area contributed by atoms with Crippen LogP contribution >= 0.6 is 0 Å². The maximum absolute atomic E-state index is 5.53. The third-order valence-corrected chi connectivity index (χ3v) is 4.52. The van der Waals surface area contributed by atoms with Crippen LogP contribution in [0.5, 0.6) is 5.75 Å². The summed E-state index contributed by atoms with van der Waals surface area (Å²) < 4.78 is 5.53. The molecule has 2 atom stereocenters. The van der Waals surface area contributed by atoms with E-state index in [0.29, 0.717) is 6.04 Å². The summed E-state index contributed by atoms with van der Waals surface area (Å²) >= 11 is 0. The van der Waals surface area contributed by atoms with Crippen molar-refractivity contribution in [3.63, 3.8) is 0 Å². The second-order valence-corrected chi connectivity index (χ2v) is 5.98. The van der Waals surface area contributed by atoms with E-state index in [2.05, 4.69) is 48.3 Å². The van der Waals surface area contributed by atoms with Gasteiger partial charge >= 0.3 is 0 Å². The average Bonchev–Trinajstić information content (AvgIpc) is 2.54. The first-order valence-corrected chi connectivity index (χ1v) is 8.42. The standard InChI is InChI=1S/C18H30N2O/c1-4-20(14-16-7-6-12-19-13-16)15(3)17-8-10-18(11-9-17)21-5-2/h8-11,15-16,19H,4-7,12-14H2,1-3H3. The van der Waals surface area contributed by atoms with Gasteiger partial charge in [-0.3, -0.25) is 4.90 Å². The molecule has 2 unspecified atom stereocenters. The number of hydrogen-bond acceptors (Lipinski definition) is 3. The van der Waals surface area contributed by atoms with Crippen LogP contribution in [0.1, 0.15) is 45.2 Å². The third kappa shape index (κ3) is 4.72. The Morgan fingerprint density at radius 3 is 2.62 bits per heavy atom. The predicted molar refractivity (Wildman–Crippen MR) is 88.9 cm³/mol. The molecule has 1 aliphatic rings. The Morgan fingerprint density at radius 2 is 2.05 bits per heavy atom. The van der Waals surface area contributed by atoms with E-state index in [4.69, 9.17) is 4.74 Å². The largest absolute Gasteiger partial charge is 0.494 e. The summed E-state index contributed by atoms with van der Waals surface area (Å²) in [6.45, 7) is 12.0. The minimum absolute atomic E-state index is 0.465. The molecule has 1 N–H and O–H groups in total. The van der Waals surface area contributed by atoms with Gasteiger partial charge in [-0.05, 0) is 69.9 Å². The van der Waals surface area contributed by atoms with Gasteiger partial charge in [0.05, 0.1) is 6.61 Å². The molecule has 0 aliphatic carbocycles. The van der Waals surface area contributed by atoms with Crippen LogP contribution in [0.3, 0.4) is 0 Å². The molecule has 2 rings (SSSR count). The number of hydrogen-bond donors (Lipinski definition) is 1. The second kappa shape index (κ2) is 8.40. The Labute approximate surface area is 129 Å². The van der Waals surface area contributed by atoms with Gasteiger partial charge in [0.1, 0.15) is 5.75 Å². The van der Waals surface area contributed by atoms with Crippen LogP contribution in [0.25, 0.3) is 0 Å². The van der Waals surface area contributed by atoms with E-state index >= 15 is 0 Å². The van der Waals surface area contributed by atoms with Crippen molar-refractivity contribution in [3.05, 3.63) is 29.8 Å². The molecule has 0 amide bonds. The minimum atomic E-state index is 0.465. The van der Waals surface area contributed by atoms with Gasteiger partial charge in [-0.25, -0.2) is 0 Å². The highest BCUT2D eigenvalue weighted by Crippen LogP contribution is 2.24. The summed E-state index contributed by atoms with van der Waals surface area (Å²) in [5.41, 5.74) is 1.38. The van der Waals surface area contributed by atoms with Crippen molar-refractivity contribution < 1.29 is 4.74 Å². The number of ether oxygens (including phenoxy) is 1. The summed E-state index contributed by atoms with van der Waals surface area (Å²) in [6.07, 6.45) is 2.68. The number of piperidine rings is 1. The molecule has 0 spiro atoms. The van der Waals surface area contributed by atoms with Crippen LogP contribution in [-0.4, -0.2) is 37.7 Å². The zero-order valence-corrected chi connectivity index (χ0v) is 13.8. The van der Waals surface area contributed by atoms with Gasteiger partial charge in [0.15, 0.2) is 0 Å². The maximum Gasteiger partial charge on any atom is 0.119 e. The molecule has 1 aromatic carbocycles. The first-order valence-electron chi connectivity index (χ1n) is 8.42. The van der Waals surface area contributed by atoms with Gasteiger partial charge in [0, 0.05) is 12.6 Å². The van der Waals surface area contributed by atoms with E-state index in [9.17, 15) is 0 Å². The van der Waals surface area contributed by atoms with Gasteiger partial charge in [-0.15, -0.1) is 0 Å². The molecule has 21 heavy (non-hydrogen) atoms. The monoisotopic (exact) mass is 290 g/mol. The third-order valence-electron chi connectivity index (χ3n) is 4.52. The van der Waals surface area contributed by atoms with Crippen molar-refractivity contribution in [2.45, 2.75) is 39.7 Å². The molecule has 1 aliphatic heterocycles. The van der Waals surface area contributed by atoms with Crippen molar-refractivity contribution >= 4 is 0 Å². The molecule has 3 nitrogen and oxygen atoms in total. The highest BCUT2D eigenvalue weighted by Gasteiger charge is 2.20. The first kappa shape index (κ1) is 16.3. The Hall–Kier alpha value is -1.06. The summed E-state index contributed by atoms with van der Waals surface area (Å²) in [4.78, 5) is 2.59. The van der Waals surface area contributed by atoms with Crippen molar-refractivity contribution in [3.8, 4) is 5.75 Å². The van der Waals surface area contributed by atoms with E-state index in [0.717, 1.165) is 24.8 Å². The molecule has 1 aromatic rings. The van der Waals surface area contributed by atoms with Gasteiger partial charge in [-0.2, -0.15) is 0 Å².